The summed E-state index contributed by atoms with van der Waals surface area (Å²) >= 11 is 4.00. The molecule has 21 heavy (non-hydrogen) atoms. The minimum absolute atomic E-state index is 0.403. The summed E-state index contributed by atoms with van der Waals surface area (Å²) in [4.78, 5) is 14.6. The first kappa shape index (κ1) is 16.0. The molecule has 0 saturated carbocycles. The Kier molecular flexibility index (Phi) is 6.18. The van der Waals surface area contributed by atoms with Gasteiger partial charge in [0.15, 0.2) is 0 Å². The molecular weight excluding hydrogens is 302 g/mol. The Balaban J connectivity index is 1.40. The molecule has 3 fully saturated rings. The highest BCUT2D eigenvalue weighted by Gasteiger charge is 2.30. The highest BCUT2D eigenvalue weighted by atomic mass is 32.2. The molecule has 3 saturated heterocycles. The molecule has 5 heteroatoms. The summed E-state index contributed by atoms with van der Waals surface area (Å²) in [5.74, 6) is 5.72. The molecule has 120 valence electrons. The quantitative estimate of drug-likeness (QED) is 0.796. The largest absolute Gasteiger partial charge is 0.381 e. The summed E-state index contributed by atoms with van der Waals surface area (Å²) in [6, 6.07) is 0. The van der Waals surface area contributed by atoms with Gasteiger partial charge < -0.3 is 9.64 Å². The van der Waals surface area contributed by atoms with Crippen LogP contribution in [0.3, 0.4) is 0 Å². The van der Waals surface area contributed by atoms with E-state index in [0.29, 0.717) is 11.2 Å². The fourth-order valence-corrected chi connectivity index (χ4v) is 6.46. The second kappa shape index (κ2) is 8.11. The van der Waals surface area contributed by atoms with Crippen LogP contribution < -0.4 is 0 Å². The lowest BCUT2D eigenvalue weighted by Gasteiger charge is -2.38. The summed E-state index contributed by atoms with van der Waals surface area (Å²) in [6.07, 6.45) is 5.65. The van der Waals surface area contributed by atoms with Crippen LogP contribution in [0.4, 0.5) is 0 Å². The van der Waals surface area contributed by atoms with Crippen molar-refractivity contribution in [1.29, 1.82) is 0 Å². The van der Waals surface area contributed by atoms with Gasteiger partial charge in [-0.25, -0.2) is 0 Å². The maximum absolute atomic E-state index is 12.4. The average molecular weight is 330 g/mol. The molecular formula is C16H27NO2S2. The fraction of sp³-hybridized carbons (Fsp3) is 0.938. The molecule has 0 radical (unpaired) electrons. The van der Waals surface area contributed by atoms with Crippen molar-refractivity contribution in [2.75, 3.05) is 43.6 Å². The van der Waals surface area contributed by atoms with Gasteiger partial charge in [-0.1, -0.05) is 0 Å². The van der Waals surface area contributed by atoms with Crippen LogP contribution in [0.2, 0.25) is 0 Å². The standard InChI is InChI=1S/C16H27NO2S2/c18-16(11-15-12-20-9-10-21-15)17-5-1-13(2-6-17)14-3-7-19-8-4-14/h13-15H,1-12H2/t15-/m1/s1. The minimum Gasteiger partial charge on any atom is -0.381 e. The molecule has 0 aromatic carbocycles. The van der Waals surface area contributed by atoms with Crippen molar-refractivity contribution < 1.29 is 9.53 Å². The minimum atomic E-state index is 0.403. The summed E-state index contributed by atoms with van der Waals surface area (Å²) in [6.45, 7) is 3.87. The number of amides is 1. The third-order valence-corrected chi connectivity index (χ3v) is 7.96. The number of likely N-dealkylation sites (tertiary alicyclic amines) is 1. The number of nitrogens with zero attached hydrogens (tertiary/aromatic N) is 1. The number of thioether (sulfide) groups is 2. The van der Waals surface area contributed by atoms with Crippen LogP contribution in [0.25, 0.3) is 0 Å². The number of carbonyl (C=O) groups is 1. The normalized spacial score (nSPS) is 29.5. The molecule has 0 N–H and O–H groups in total. The van der Waals surface area contributed by atoms with Gasteiger partial charge in [-0.2, -0.15) is 23.5 Å². The molecule has 3 aliphatic heterocycles. The van der Waals surface area contributed by atoms with Crippen LogP contribution in [-0.2, 0) is 9.53 Å². The lowest BCUT2D eigenvalue weighted by Crippen LogP contribution is -2.42. The van der Waals surface area contributed by atoms with E-state index in [1.165, 1.54) is 37.2 Å². The van der Waals surface area contributed by atoms with Crippen LogP contribution in [0.15, 0.2) is 0 Å². The fourth-order valence-electron chi connectivity index (χ4n) is 3.79. The lowest BCUT2D eigenvalue weighted by atomic mass is 9.80. The van der Waals surface area contributed by atoms with Gasteiger partial charge in [-0.15, -0.1) is 0 Å². The second-order valence-electron chi connectivity index (χ2n) is 6.44. The average Bonchev–Trinajstić information content (AvgIpc) is 2.57. The monoisotopic (exact) mass is 329 g/mol. The molecule has 3 aliphatic rings. The Hall–Kier alpha value is 0.130. The molecule has 1 amide bonds. The summed E-state index contributed by atoms with van der Waals surface area (Å²) in [5, 5.41) is 0.560. The van der Waals surface area contributed by atoms with Crippen LogP contribution in [0.5, 0.6) is 0 Å². The first-order valence-electron chi connectivity index (χ1n) is 8.38. The Bertz CT molecular complexity index is 333. The van der Waals surface area contributed by atoms with Crippen LogP contribution >= 0.6 is 23.5 Å². The molecule has 3 nitrogen and oxygen atoms in total. The zero-order valence-corrected chi connectivity index (χ0v) is 14.4. The zero-order valence-electron chi connectivity index (χ0n) is 12.8. The van der Waals surface area contributed by atoms with E-state index in [-0.39, 0.29) is 0 Å². The molecule has 0 spiro atoms. The summed E-state index contributed by atoms with van der Waals surface area (Å²) in [5.41, 5.74) is 0. The summed E-state index contributed by atoms with van der Waals surface area (Å²) < 4.78 is 5.47. The van der Waals surface area contributed by atoms with E-state index in [4.69, 9.17) is 4.74 Å². The van der Waals surface area contributed by atoms with Crippen LogP contribution in [0.1, 0.15) is 32.1 Å². The third-order valence-electron chi connectivity index (χ3n) is 5.11. The smallest absolute Gasteiger partial charge is 0.223 e. The second-order valence-corrected chi connectivity index (χ2v) is 9.00. The molecule has 0 aromatic heterocycles. The van der Waals surface area contributed by atoms with Crippen molar-refractivity contribution in [3.05, 3.63) is 0 Å². The first-order chi connectivity index (χ1) is 10.3. The predicted octanol–water partition coefficient (Wildman–Crippen LogP) is 2.89. The summed E-state index contributed by atoms with van der Waals surface area (Å²) in [7, 11) is 0. The Morgan fingerprint density at radius 3 is 2.43 bits per heavy atom. The maximum Gasteiger partial charge on any atom is 0.223 e. The van der Waals surface area contributed by atoms with Crippen molar-refractivity contribution in [3.8, 4) is 0 Å². The van der Waals surface area contributed by atoms with Gasteiger partial charge in [-0.05, 0) is 37.5 Å². The Labute approximate surface area is 136 Å². The SMILES string of the molecule is O=C(C[C@@H]1CSCCS1)N1CCC(C2CCOCC2)CC1. The van der Waals surface area contributed by atoms with Crippen molar-refractivity contribution in [2.45, 2.75) is 37.4 Å². The van der Waals surface area contributed by atoms with Gasteiger partial charge in [0.05, 0.1) is 0 Å². The maximum atomic E-state index is 12.4. The van der Waals surface area contributed by atoms with Crippen molar-refractivity contribution in [1.82, 2.24) is 4.90 Å². The number of rotatable bonds is 3. The van der Waals surface area contributed by atoms with E-state index in [1.807, 2.05) is 23.5 Å². The van der Waals surface area contributed by atoms with Gasteiger partial charge in [0.1, 0.15) is 0 Å². The third kappa shape index (κ3) is 4.55. The van der Waals surface area contributed by atoms with Gasteiger partial charge in [0, 0.05) is 55.2 Å². The van der Waals surface area contributed by atoms with E-state index >= 15 is 0 Å². The van der Waals surface area contributed by atoms with E-state index in [9.17, 15) is 4.79 Å². The topological polar surface area (TPSA) is 29.5 Å². The number of hydrogen-bond donors (Lipinski definition) is 0. The van der Waals surface area contributed by atoms with E-state index in [1.54, 1.807) is 0 Å². The zero-order chi connectivity index (χ0) is 14.5. The Morgan fingerprint density at radius 1 is 1.05 bits per heavy atom. The molecule has 1 atom stereocenters. The number of ether oxygens (including phenoxy) is 1. The highest BCUT2D eigenvalue weighted by molar-refractivity contribution is 8.06. The highest BCUT2D eigenvalue weighted by Crippen LogP contribution is 2.32. The molecule has 3 heterocycles. The van der Waals surface area contributed by atoms with Crippen LogP contribution in [0, 0.1) is 11.8 Å². The van der Waals surface area contributed by atoms with Crippen molar-refractivity contribution in [2.24, 2.45) is 11.8 Å². The Morgan fingerprint density at radius 2 is 1.76 bits per heavy atom. The van der Waals surface area contributed by atoms with Gasteiger partial charge in [0.25, 0.3) is 0 Å². The number of piperidine rings is 1. The molecule has 0 aromatic rings. The van der Waals surface area contributed by atoms with E-state index < -0.39 is 0 Å². The first-order valence-corrected chi connectivity index (χ1v) is 10.6. The van der Waals surface area contributed by atoms with Crippen molar-refractivity contribution >= 4 is 29.4 Å². The lowest BCUT2D eigenvalue weighted by molar-refractivity contribution is -0.132. The predicted molar refractivity (Wildman–Crippen MR) is 91.0 cm³/mol. The van der Waals surface area contributed by atoms with Crippen molar-refractivity contribution in [3.63, 3.8) is 0 Å². The molecule has 0 bridgehead atoms. The van der Waals surface area contributed by atoms with E-state index in [0.717, 1.165) is 50.3 Å². The van der Waals surface area contributed by atoms with Gasteiger partial charge in [-0.3, -0.25) is 4.79 Å². The van der Waals surface area contributed by atoms with E-state index in [2.05, 4.69) is 4.90 Å². The van der Waals surface area contributed by atoms with Crippen LogP contribution in [-0.4, -0.2) is 59.6 Å². The molecule has 3 rings (SSSR count). The molecule has 0 unspecified atom stereocenters. The molecule has 0 aliphatic carbocycles. The van der Waals surface area contributed by atoms with Gasteiger partial charge >= 0.3 is 0 Å². The van der Waals surface area contributed by atoms with Gasteiger partial charge in [0.2, 0.25) is 5.91 Å². The number of hydrogen-bond acceptors (Lipinski definition) is 4. The number of carbonyl (C=O) groups excluding carboxylic acids is 1.